The van der Waals surface area contributed by atoms with Crippen molar-refractivity contribution in [2.75, 3.05) is 6.61 Å². The van der Waals surface area contributed by atoms with E-state index in [2.05, 4.69) is 6.07 Å². The number of unbranched alkanes of at least 4 members (excludes halogenated alkanes) is 1. The predicted molar refractivity (Wildman–Crippen MR) is 29.2 cm³/mol. The Hall–Kier alpha value is -0.550. The highest BCUT2D eigenvalue weighted by Gasteiger charge is 2.20. The normalized spacial score (nSPS) is 24.6. The van der Waals surface area contributed by atoms with Crippen LogP contribution >= 0.6 is 0 Å². The number of epoxide rings is 1. The SMILES string of the molecule is N#CCCC[C@@H]1CO1. The Morgan fingerprint density at radius 1 is 1.75 bits per heavy atom. The highest BCUT2D eigenvalue weighted by molar-refractivity contribution is 4.74. The van der Waals surface area contributed by atoms with Crippen LogP contribution in [0.15, 0.2) is 0 Å². The monoisotopic (exact) mass is 111 g/mol. The van der Waals surface area contributed by atoms with Crippen molar-refractivity contribution in [2.45, 2.75) is 25.4 Å². The molecule has 0 spiro atoms. The number of hydrogen-bond acceptors (Lipinski definition) is 2. The first kappa shape index (κ1) is 5.58. The predicted octanol–water partition coefficient (Wildman–Crippen LogP) is 1.08. The van der Waals surface area contributed by atoms with E-state index in [1.165, 1.54) is 0 Å². The van der Waals surface area contributed by atoms with E-state index >= 15 is 0 Å². The molecule has 1 saturated heterocycles. The van der Waals surface area contributed by atoms with E-state index in [0.29, 0.717) is 12.5 Å². The van der Waals surface area contributed by atoms with Crippen LogP contribution in [0.25, 0.3) is 0 Å². The molecule has 0 amide bonds. The Bertz CT molecular complexity index is 102. The van der Waals surface area contributed by atoms with Gasteiger partial charge in [-0.25, -0.2) is 0 Å². The third-order valence-corrected chi connectivity index (χ3v) is 1.22. The fraction of sp³-hybridized carbons (Fsp3) is 0.833. The molecule has 0 radical (unpaired) electrons. The molecule has 1 rings (SSSR count). The summed E-state index contributed by atoms with van der Waals surface area (Å²) >= 11 is 0. The molecule has 1 atom stereocenters. The van der Waals surface area contributed by atoms with Gasteiger partial charge in [0.05, 0.1) is 18.8 Å². The molecule has 0 aromatic rings. The molecule has 0 aromatic heterocycles. The van der Waals surface area contributed by atoms with Crippen molar-refractivity contribution in [2.24, 2.45) is 0 Å². The van der Waals surface area contributed by atoms with Crippen molar-refractivity contribution >= 4 is 0 Å². The van der Waals surface area contributed by atoms with E-state index in [9.17, 15) is 0 Å². The smallest absolute Gasteiger partial charge is 0.0810 e. The van der Waals surface area contributed by atoms with Gasteiger partial charge in [-0.05, 0) is 12.8 Å². The van der Waals surface area contributed by atoms with E-state index in [1.54, 1.807) is 0 Å². The Morgan fingerprint density at radius 3 is 3.00 bits per heavy atom. The Morgan fingerprint density at radius 2 is 2.50 bits per heavy atom. The standard InChI is InChI=1S/C6H9NO/c7-4-2-1-3-6-5-8-6/h6H,1-3,5H2/t6-/m1/s1. The molecule has 2 heteroatoms. The van der Waals surface area contributed by atoms with E-state index in [0.717, 1.165) is 19.4 Å². The molecule has 1 aliphatic rings. The summed E-state index contributed by atoms with van der Waals surface area (Å²) in [6.45, 7) is 0.922. The van der Waals surface area contributed by atoms with Gasteiger partial charge in [-0.2, -0.15) is 5.26 Å². The molecular weight excluding hydrogens is 102 g/mol. The van der Waals surface area contributed by atoms with Gasteiger partial charge >= 0.3 is 0 Å². The number of ether oxygens (including phenoxy) is 1. The van der Waals surface area contributed by atoms with Crippen LogP contribution in [0.4, 0.5) is 0 Å². The quantitative estimate of drug-likeness (QED) is 0.403. The molecule has 0 aliphatic carbocycles. The Kier molecular flexibility index (Phi) is 1.87. The van der Waals surface area contributed by atoms with E-state index in [-0.39, 0.29) is 0 Å². The van der Waals surface area contributed by atoms with E-state index in [1.807, 2.05) is 0 Å². The highest BCUT2D eigenvalue weighted by atomic mass is 16.6. The average Bonchev–Trinajstić information content (AvgIpc) is 2.51. The molecule has 1 fully saturated rings. The topological polar surface area (TPSA) is 36.3 Å². The second kappa shape index (κ2) is 2.68. The van der Waals surface area contributed by atoms with Gasteiger partial charge in [-0.3, -0.25) is 0 Å². The molecule has 1 heterocycles. The number of nitrogens with zero attached hydrogens (tertiary/aromatic N) is 1. The zero-order chi connectivity index (χ0) is 5.82. The molecule has 0 bridgehead atoms. The van der Waals surface area contributed by atoms with Gasteiger partial charge in [-0.15, -0.1) is 0 Å². The minimum Gasteiger partial charge on any atom is -0.373 e. The fourth-order valence-corrected chi connectivity index (χ4v) is 0.643. The van der Waals surface area contributed by atoms with Crippen LogP contribution in [-0.2, 0) is 4.74 Å². The van der Waals surface area contributed by atoms with Gasteiger partial charge in [0.15, 0.2) is 0 Å². The average molecular weight is 111 g/mol. The van der Waals surface area contributed by atoms with Crippen molar-refractivity contribution in [1.29, 1.82) is 5.26 Å². The van der Waals surface area contributed by atoms with Gasteiger partial charge in [0.2, 0.25) is 0 Å². The van der Waals surface area contributed by atoms with Crippen LogP contribution < -0.4 is 0 Å². The minimum absolute atomic E-state index is 0.503. The number of rotatable bonds is 3. The summed E-state index contributed by atoms with van der Waals surface area (Å²) < 4.78 is 4.95. The third-order valence-electron chi connectivity index (χ3n) is 1.22. The second-order valence-electron chi connectivity index (χ2n) is 2.01. The molecule has 44 valence electrons. The van der Waals surface area contributed by atoms with Gasteiger partial charge in [-0.1, -0.05) is 0 Å². The molecular formula is C6H9NO. The van der Waals surface area contributed by atoms with Crippen molar-refractivity contribution in [3.05, 3.63) is 0 Å². The molecule has 0 N–H and O–H groups in total. The lowest BCUT2D eigenvalue weighted by Gasteiger charge is -1.85. The lowest BCUT2D eigenvalue weighted by Crippen LogP contribution is -1.82. The molecule has 2 nitrogen and oxygen atoms in total. The van der Waals surface area contributed by atoms with E-state index in [4.69, 9.17) is 10.00 Å². The van der Waals surface area contributed by atoms with Crippen LogP contribution in [-0.4, -0.2) is 12.7 Å². The summed E-state index contributed by atoms with van der Waals surface area (Å²) in [5, 5.41) is 8.11. The van der Waals surface area contributed by atoms with Gasteiger partial charge in [0, 0.05) is 6.42 Å². The maximum absolute atomic E-state index is 8.11. The highest BCUT2D eigenvalue weighted by Crippen LogP contribution is 2.15. The first-order chi connectivity index (χ1) is 3.93. The van der Waals surface area contributed by atoms with Crippen LogP contribution in [0.5, 0.6) is 0 Å². The first-order valence-corrected chi connectivity index (χ1v) is 2.92. The molecule has 1 aliphatic heterocycles. The molecule has 0 aromatic carbocycles. The van der Waals surface area contributed by atoms with Crippen molar-refractivity contribution in [1.82, 2.24) is 0 Å². The number of hydrogen-bond donors (Lipinski definition) is 0. The number of nitriles is 1. The summed E-state index contributed by atoms with van der Waals surface area (Å²) in [6, 6.07) is 2.10. The van der Waals surface area contributed by atoms with Gasteiger partial charge < -0.3 is 4.74 Å². The zero-order valence-corrected chi connectivity index (χ0v) is 4.76. The van der Waals surface area contributed by atoms with Gasteiger partial charge in [0.25, 0.3) is 0 Å². The molecule has 8 heavy (non-hydrogen) atoms. The molecule has 0 saturated carbocycles. The molecule has 0 unspecified atom stereocenters. The second-order valence-corrected chi connectivity index (χ2v) is 2.01. The first-order valence-electron chi connectivity index (χ1n) is 2.92. The van der Waals surface area contributed by atoms with Crippen LogP contribution in [0, 0.1) is 11.3 Å². The zero-order valence-electron chi connectivity index (χ0n) is 4.76. The largest absolute Gasteiger partial charge is 0.373 e. The lowest BCUT2D eigenvalue weighted by molar-refractivity contribution is 0.393. The van der Waals surface area contributed by atoms with Crippen molar-refractivity contribution in [3.63, 3.8) is 0 Å². The summed E-state index contributed by atoms with van der Waals surface area (Å²) in [4.78, 5) is 0. The Balaban J connectivity index is 1.83. The van der Waals surface area contributed by atoms with Crippen LogP contribution in [0.1, 0.15) is 19.3 Å². The minimum atomic E-state index is 0.503. The fourth-order valence-electron chi connectivity index (χ4n) is 0.643. The summed E-state index contributed by atoms with van der Waals surface area (Å²) in [7, 11) is 0. The Labute approximate surface area is 49.1 Å². The summed E-state index contributed by atoms with van der Waals surface area (Å²) in [5.41, 5.74) is 0. The maximum atomic E-state index is 8.11. The third kappa shape index (κ3) is 1.94. The van der Waals surface area contributed by atoms with Crippen LogP contribution in [0.2, 0.25) is 0 Å². The van der Waals surface area contributed by atoms with Crippen molar-refractivity contribution < 1.29 is 4.74 Å². The van der Waals surface area contributed by atoms with Gasteiger partial charge in [0.1, 0.15) is 0 Å². The summed E-state index contributed by atoms with van der Waals surface area (Å²) in [5.74, 6) is 0. The van der Waals surface area contributed by atoms with E-state index < -0.39 is 0 Å². The maximum Gasteiger partial charge on any atom is 0.0810 e. The lowest BCUT2D eigenvalue weighted by atomic mass is 10.2. The van der Waals surface area contributed by atoms with Crippen molar-refractivity contribution in [3.8, 4) is 6.07 Å². The summed E-state index contributed by atoms with van der Waals surface area (Å²) in [6.07, 6.45) is 3.26. The van der Waals surface area contributed by atoms with Crippen LogP contribution in [0.3, 0.4) is 0 Å².